The first-order chi connectivity index (χ1) is 54.3. The molecule has 616 valence electrons. The van der Waals surface area contributed by atoms with Crippen LogP contribution in [0, 0.1) is 34.9 Å². The number of halogens is 8. The van der Waals surface area contributed by atoms with Crippen LogP contribution in [0.3, 0.4) is 0 Å². The van der Waals surface area contributed by atoms with E-state index in [9.17, 15) is 41.7 Å². The first kappa shape index (κ1) is 89.9. The molecule has 0 amide bonds. The van der Waals surface area contributed by atoms with E-state index in [1.165, 1.54) is 52.2 Å². The highest BCUT2D eigenvalue weighted by Gasteiger charge is 2.64. The average Bonchev–Trinajstić information content (AvgIpc) is 1.55. The van der Waals surface area contributed by atoms with Gasteiger partial charge in [-0.1, -0.05) is 61.5 Å². The fourth-order valence-electron chi connectivity index (χ4n) is 12.9. The van der Waals surface area contributed by atoms with Crippen LogP contribution in [-0.2, 0) is 37.4 Å². The molecule has 7 heterocycles. The molecule has 0 radical (unpaired) electrons. The van der Waals surface area contributed by atoms with Crippen LogP contribution < -0.4 is 29.5 Å². The number of aliphatic hydroxyl groups excluding tert-OH is 3. The Kier molecular flexibility index (Phi) is 28.8. The number of rotatable bonds is 14. The molecule has 0 aliphatic carbocycles. The standard InChI is InChI=1S/C26H23F2N3O3.C20H23BF2O4.C14H11BrF2O2.C12H24B2O4.C12H12ClN3O.CH4/c1-33-18-5-2-16(3-6-18)26(32)21-13-20(22(27)14-23(21)28)25-19-7-4-17(12-24(19)29-15-30-25)31-8-10-34-11-9-31;1-19(2)20(3,4)27-21(26-19)15-10-14(16(22)11-17(15)23)18(24)12-6-8-13(25-5)9-7-12;1-19-9-4-2-8(3-5-9)14(18)10-6-11(15)13(17)7-12(10)16;1-9(2)10(3,4)16-13(15-9)14-17-11(5,6)12(7,8)18-14;13-12-10-2-1-9(7-11(10)14-8-15-12)16-3-5-17-6-4-16;/h2-7,12-15,26,32H,8-11H2,1H3;6-11,18,24H,1-5H3;2-7,14,18H,1H3;1-8H3;1-2,7-8H,3-6H2;1H4. The number of anilines is 2. The summed E-state index contributed by atoms with van der Waals surface area (Å²) < 4.78 is 147. The summed E-state index contributed by atoms with van der Waals surface area (Å²) >= 11 is 8.98. The number of methoxy groups -OCH3 is 3. The zero-order valence-electron chi connectivity index (χ0n) is 66.7. The highest BCUT2D eigenvalue weighted by Crippen LogP contribution is 2.44. The van der Waals surface area contributed by atoms with Crippen molar-refractivity contribution in [1.82, 2.24) is 19.9 Å². The van der Waals surface area contributed by atoms with Crippen LogP contribution in [0.25, 0.3) is 33.1 Å². The molecule has 0 bridgehead atoms. The predicted molar refractivity (Wildman–Crippen MR) is 442 cm³/mol. The minimum Gasteiger partial charge on any atom is -0.497 e. The number of nitrogens with zero attached hydrogens (tertiary/aromatic N) is 6. The Bertz CT molecular complexity index is 4960. The number of morpholine rings is 2. The van der Waals surface area contributed by atoms with Crippen LogP contribution in [-0.4, -0.2) is 164 Å². The van der Waals surface area contributed by atoms with E-state index in [-0.39, 0.29) is 62.0 Å². The van der Waals surface area contributed by atoms with Gasteiger partial charge >= 0.3 is 21.1 Å². The van der Waals surface area contributed by atoms with Crippen LogP contribution >= 0.6 is 27.5 Å². The summed E-state index contributed by atoms with van der Waals surface area (Å²) in [5, 5.41) is 33.6. The van der Waals surface area contributed by atoms with Crippen LogP contribution in [0.1, 0.15) is 142 Å². The molecule has 5 fully saturated rings. The third-order valence-electron chi connectivity index (χ3n) is 21.9. The van der Waals surface area contributed by atoms with E-state index in [0.717, 1.165) is 79.9 Å². The van der Waals surface area contributed by atoms with Crippen LogP contribution in [0.15, 0.2) is 163 Å². The van der Waals surface area contributed by atoms with E-state index < -0.39 is 85.6 Å². The van der Waals surface area contributed by atoms with Crippen LogP contribution in [0.2, 0.25) is 5.15 Å². The maximum absolute atomic E-state index is 15.0. The molecule has 3 unspecified atom stereocenters. The Labute approximate surface area is 687 Å². The summed E-state index contributed by atoms with van der Waals surface area (Å²) in [5.74, 6) is -2.85. The van der Waals surface area contributed by atoms with Gasteiger partial charge in [-0.25, -0.2) is 46.3 Å². The van der Waals surface area contributed by atoms with Crippen LogP contribution in [0.5, 0.6) is 17.2 Å². The van der Waals surface area contributed by atoms with Gasteiger partial charge in [0.1, 0.15) is 88.3 Å². The van der Waals surface area contributed by atoms with Gasteiger partial charge in [-0.3, -0.25) is 0 Å². The Morgan fingerprint density at radius 1 is 0.414 bits per heavy atom. The summed E-state index contributed by atoms with van der Waals surface area (Å²) in [6.07, 6.45) is -0.858. The van der Waals surface area contributed by atoms with Gasteiger partial charge in [0.05, 0.1) is 103 Å². The van der Waals surface area contributed by atoms with E-state index in [4.69, 9.17) is 63.2 Å². The molecule has 2 aromatic heterocycles. The maximum Gasteiger partial charge on any atom is 0.497 e. The molecule has 8 aromatic carbocycles. The molecule has 3 N–H and O–H groups in total. The van der Waals surface area contributed by atoms with Crippen molar-refractivity contribution < 1.29 is 93.3 Å². The molecule has 116 heavy (non-hydrogen) atoms. The highest BCUT2D eigenvalue weighted by atomic mass is 79.9. The summed E-state index contributed by atoms with van der Waals surface area (Å²) in [4.78, 5) is 21.4. The lowest BCUT2D eigenvalue weighted by atomic mass is 9.49. The Morgan fingerprint density at radius 2 is 0.759 bits per heavy atom. The zero-order valence-corrected chi connectivity index (χ0v) is 69.0. The number of aromatic nitrogens is 4. The van der Waals surface area contributed by atoms with Gasteiger partial charge in [-0.05, 0) is 201 Å². The average molecular weight is 1690 g/mol. The summed E-state index contributed by atoms with van der Waals surface area (Å²) in [6.45, 7) is 29.9. The number of ether oxygens (including phenoxy) is 5. The van der Waals surface area contributed by atoms with Gasteiger partial charge in [0.15, 0.2) is 0 Å². The van der Waals surface area contributed by atoms with Crippen molar-refractivity contribution in [2.45, 2.75) is 142 Å². The van der Waals surface area contributed by atoms with Crippen molar-refractivity contribution in [3.63, 3.8) is 0 Å². The molecule has 10 aromatic rings. The molecule has 15 rings (SSSR count). The Balaban J connectivity index is 0.000000157. The first-order valence-electron chi connectivity index (χ1n) is 37.3. The maximum atomic E-state index is 15.0. The lowest BCUT2D eigenvalue weighted by molar-refractivity contribution is 0.00578. The fourth-order valence-corrected chi connectivity index (χ4v) is 13.4. The number of fused-ring (bicyclic) bond motifs is 2. The van der Waals surface area contributed by atoms with E-state index in [1.807, 2.05) is 113 Å². The molecule has 20 nitrogen and oxygen atoms in total. The third-order valence-corrected chi connectivity index (χ3v) is 22.8. The highest BCUT2D eigenvalue weighted by molar-refractivity contribution is 9.10. The van der Waals surface area contributed by atoms with Crippen molar-refractivity contribution in [3.8, 4) is 28.5 Å². The molecule has 5 aliphatic rings. The number of hydrogen-bond acceptors (Lipinski definition) is 20. The van der Waals surface area contributed by atoms with E-state index >= 15 is 0 Å². The third kappa shape index (κ3) is 20.3. The van der Waals surface area contributed by atoms with Gasteiger partial charge in [0, 0.05) is 94.2 Å². The molecular weight excluding hydrogens is 1590 g/mol. The van der Waals surface area contributed by atoms with Crippen molar-refractivity contribution in [3.05, 3.63) is 236 Å². The second-order valence-corrected chi connectivity index (χ2v) is 32.1. The normalized spacial score (nSPS) is 18.2. The van der Waals surface area contributed by atoms with Gasteiger partial charge in [0.2, 0.25) is 0 Å². The summed E-state index contributed by atoms with van der Waals surface area (Å²) in [7, 11) is 2.65. The molecule has 5 aliphatic heterocycles. The lowest BCUT2D eigenvalue weighted by Gasteiger charge is -2.32. The minimum atomic E-state index is -1.29. The van der Waals surface area contributed by atoms with Crippen molar-refractivity contribution in [2.24, 2.45) is 0 Å². The molecule has 0 saturated carbocycles. The topological polar surface area (TPSA) is 220 Å². The smallest absolute Gasteiger partial charge is 0.497 e. The zero-order chi connectivity index (χ0) is 83.3. The predicted octanol–water partition coefficient (Wildman–Crippen LogP) is 16.7. The molecule has 31 heteroatoms. The number of benzene rings is 8. The van der Waals surface area contributed by atoms with Gasteiger partial charge in [-0.15, -0.1) is 0 Å². The van der Waals surface area contributed by atoms with Crippen molar-refractivity contribution in [2.75, 3.05) is 83.7 Å². The molecule has 3 atom stereocenters. The second kappa shape index (κ2) is 37.2. The van der Waals surface area contributed by atoms with E-state index in [2.05, 4.69) is 51.7 Å². The van der Waals surface area contributed by atoms with E-state index in [1.54, 1.807) is 72.8 Å². The van der Waals surface area contributed by atoms with Gasteiger partial charge < -0.3 is 76.7 Å². The van der Waals surface area contributed by atoms with Crippen LogP contribution in [0.4, 0.5) is 37.7 Å². The molecular formula is C85H97B3BrClF6N6O14. The number of aliphatic hydroxyl groups is 3. The number of hydrogen-bond donors (Lipinski definition) is 3. The van der Waals surface area contributed by atoms with Crippen molar-refractivity contribution >= 4 is 87.3 Å². The monoisotopic (exact) mass is 1690 g/mol. The van der Waals surface area contributed by atoms with Gasteiger partial charge in [-0.2, -0.15) is 0 Å². The molecule has 0 spiro atoms. The Morgan fingerprint density at radius 3 is 1.16 bits per heavy atom. The second-order valence-electron chi connectivity index (χ2n) is 30.9. The van der Waals surface area contributed by atoms with Crippen molar-refractivity contribution in [1.29, 1.82) is 0 Å². The fraction of sp³-hybridized carbons (Fsp3) is 0.388. The quantitative estimate of drug-likeness (QED) is 0.0399. The largest absolute Gasteiger partial charge is 0.497 e. The minimum absolute atomic E-state index is 0. The SMILES string of the molecule is C.CC1(C)OB(B2OC(C)(C)C(C)(C)O2)OC1(C)C.COc1ccc(C(O)c2cc(-c3ncnc4cc(N5CCOCC5)ccc34)c(F)cc2F)cc1.COc1ccc(C(O)c2cc(B3OC(C)(C)C(C)(C)O3)c(F)cc2F)cc1.COc1ccc(C(O)c2cc(Br)c(F)cc2F)cc1.Clc1ncnc2cc(N3CCOCC3)ccc12. The lowest BCUT2D eigenvalue weighted by Crippen LogP contribution is -2.41. The van der Waals surface area contributed by atoms with Gasteiger partial charge in [0.25, 0.3) is 0 Å². The first-order valence-corrected chi connectivity index (χ1v) is 38.5. The molecule has 5 saturated heterocycles. The summed E-state index contributed by atoms with van der Waals surface area (Å²) in [5.41, 5.74) is 2.75. The summed E-state index contributed by atoms with van der Waals surface area (Å²) in [6, 6.07) is 37.7. The Hall–Kier alpha value is -8.46. The van der Waals surface area contributed by atoms with E-state index in [0.29, 0.717) is 68.9 Å².